The molecule has 3 aromatic rings. The van der Waals surface area contributed by atoms with Crippen LogP contribution in [0.3, 0.4) is 0 Å². The maximum Gasteiger partial charge on any atom is 0.233 e. The van der Waals surface area contributed by atoms with E-state index in [9.17, 15) is 4.79 Å². The largest absolute Gasteiger partial charge is 0.461 e. The number of nitrogens with zero attached hydrogens (tertiary/aromatic N) is 4. The van der Waals surface area contributed by atoms with Gasteiger partial charge in [-0.2, -0.15) is 0 Å². The van der Waals surface area contributed by atoms with Gasteiger partial charge in [-0.1, -0.05) is 29.5 Å². The molecule has 0 radical (unpaired) electrons. The third-order valence-electron chi connectivity index (χ3n) is 5.12. The number of hydrogen-bond acceptors (Lipinski definition) is 5. The monoisotopic (exact) mass is 396 g/mol. The van der Waals surface area contributed by atoms with E-state index >= 15 is 0 Å². The first-order valence-electron chi connectivity index (χ1n) is 9.62. The summed E-state index contributed by atoms with van der Waals surface area (Å²) in [6, 6.07) is 12.2. The Balaban J connectivity index is 1.60. The molecule has 1 aromatic carbocycles. The van der Waals surface area contributed by atoms with Gasteiger partial charge >= 0.3 is 0 Å². The zero-order valence-corrected chi connectivity index (χ0v) is 17.0. The summed E-state index contributed by atoms with van der Waals surface area (Å²) < 4.78 is 7.50. The van der Waals surface area contributed by atoms with E-state index in [1.165, 1.54) is 23.7 Å². The van der Waals surface area contributed by atoms with Crippen LogP contribution in [0.2, 0.25) is 0 Å². The number of carbonyl (C=O) groups is 1. The van der Waals surface area contributed by atoms with Crippen LogP contribution in [-0.4, -0.2) is 43.9 Å². The molecule has 1 aliphatic rings. The molecule has 7 heteroatoms. The van der Waals surface area contributed by atoms with E-state index in [0.29, 0.717) is 28.5 Å². The first-order chi connectivity index (χ1) is 13.6. The molecule has 4 rings (SSSR count). The lowest BCUT2D eigenvalue weighted by molar-refractivity contribution is -0.131. The second-order valence-electron chi connectivity index (χ2n) is 7.18. The average molecular weight is 397 g/mol. The summed E-state index contributed by atoms with van der Waals surface area (Å²) >= 11 is 1.42. The summed E-state index contributed by atoms with van der Waals surface area (Å²) in [4.78, 5) is 14.7. The zero-order valence-electron chi connectivity index (χ0n) is 16.2. The maximum absolute atomic E-state index is 12.7. The van der Waals surface area contributed by atoms with Crippen LogP contribution in [0.1, 0.15) is 31.7 Å². The van der Waals surface area contributed by atoms with E-state index in [1.54, 1.807) is 6.26 Å². The van der Waals surface area contributed by atoms with Crippen LogP contribution in [0.15, 0.2) is 52.2 Å². The molecule has 1 fully saturated rings. The number of aromatic nitrogens is 3. The molecule has 1 aliphatic heterocycles. The third-order valence-corrected chi connectivity index (χ3v) is 6.03. The number of carbonyl (C=O) groups excluding carboxylic acids is 1. The minimum atomic E-state index is 0.162. The highest BCUT2D eigenvalue weighted by molar-refractivity contribution is 7.99. The second kappa shape index (κ2) is 8.22. The minimum absolute atomic E-state index is 0.162. The first-order valence-corrected chi connectivity index (χ1v) is 10.6. The van der Waals surface area contributed by atoms with Gasteiger partial charge in [-0.3, -0.25) is 9.36 Å². The highest BCUT2D eigenvalue weighted by atomic mass is 32.2. The molecule has 28 heavy (non-hydrogen) atoms. The van der Waals surface area contributed by atoms with Crippen LogP contribution < -0.4 is 0 Å². The average Bonchev–Trinajstić information content (AvgIpc) is 3.37. The molecule has 0 bridgehead atoms. The summed E-state index contributed by atoms with van der Waals surface area (Å²) in [6.45, 7) is 5.03. The van der Waals surface area contributed by atoms with E-state index in [-0.39, 0.29) is 5.91 Å². The Kier molecular flexibility index (Phi) is 5.52. The van der Waals surface area contributed by atoms with Gasteiger partial charge in [-0.15, -0.1) is 10.2 Å². The standard InChI is InChI=1S/C21H24N4O2S/c1-15-8-10-17(11-9-15)25-20(18-7-5-13-27-18)22-23-21(25)28-14-19(26)24-12-4-3-6-16(24)2/h5,7-11,13,16H,3-4,6,12,14H2,1-2H3. The van der Waals surface area contributed by atoms with Crippen molar-refractivity contribution in [3.05, 3.63) is 48.2 Å². The summed E-state index contributed by atoms with van der Waals surface area (Å²) in [5, 5.41) is 9.38. The van der Waals surface area contributed by atoms with E-state index in [1.807, 2.05) is 33.7 Å². The Bertz CT molecular complexity index is 934. The second-order valence-corrected chi connectivity index (χ2v) is 8.12. The maximum atomic E-state index is 12.7. The van der Waals surface area contributed by atoms with Gasteiger partial charge in [0.2, 0.25) is 11.7 Å². The number of furan rings is 1. The van der Waals surface area contributed by atoms with Crippen LogP contribution in [0, 0.1) is 6.92 Å². The fourth-order valence-electron chi connectivity index (χ4n) is 3.53. The van der Waals surface area contributed by atoms with E-state index in [0.717, 1.165) is 25.1 Å². The molecule has 0 spiro atoms. The predicted octanol–water partition coefficient (Wildman–Crippen LogP) is 4.33. The molecule has 1 saturated heterocycles. The van der Waals surface area contributed by atoms with Crippen LogP contribution in [-0.2, 0) is 4.79 Å². The molecule has 3 heterocycles. The molecule has 1 amide bonds. The van der Waals surface area contributed by atoms with Gasteiger partial charge in [-0.25, -0.2) is 0 Å². The number of benzene rings is 1. The normalized spacial score (nSPS) is 17.1. The first kappa shape index (κ1) is 18.8. The summed E-state index contributed by atoms with van der Waals surface area (Å²) in [7, 11) is 0. The number of thioether (sulfide) groups is 1. The summed E-state index contributed by atoms with van der Waals surface area (Å²) in [5.41, 5.74) is 2.13. The van der Waals surface area contributed by atoms with Gasteiger partial charge in [0, 0.05) is 18.3 Å². The van der Waals surface area contributed by atoms with Crippen LogP contribution in [0.4, 0.5) is 0 Å². The lowest BCUT2D eigenvalue weighted by Crippen LogP contribution is -2.42. The van der Waals surface area contributed by atoms with Gasteiger partial charge in [0.15, 0.2) is 10.9 Å². The minimum Gasteiger partial charge on any atom is -0.461 e. The van der Waals surface area contributed by atoms with Crippen LogP contribution >= 0.6 is 11.8 Å². The molecule has 1 atom stereocenters. The quantitative estimate of drug-likeness (QED) is 0.601. The van der Waals surface area contributed by atoms with Crippen molar-refractivity contribution in [2.45, 2.75) is 44.3 Å². The van der Waals surface area contributed by atoms with Crippen molar-refractivity contribution in [1.82, 2.24) is 19.7 Å². The van der Waals surface area contributed by atoms with Crippen molar-refractivity contribution in [2.24, 2.45) is 0 Å². The summed E-state index contributed by atoms with van der Waals surface area (Å²) in [6.07, 6.45) is 4.99. The fourth-order valence-corrected chi connectivity index (χ4v) is 4.37. The molecule has 0 N–H and O–H groups in total. The Morgan fingerprint density at radius 2 is 2.04 bits per heavy atom. The van der Waals surface area contributed by atoms with Gasteiger partial charge < -0.3 is 9.32 Å². The molecule has 0 saturated carbocycles. The lowest BCUT2D eigenvalue weighted by Gasteiger charge is -2.33. The number of likely N-dealkylation sites (tertiary alicyclic amines) is 1. The highest BCUT2D eigenvalue weighted by Gasteiger charge is 2.24. The van der Waals surface area contributed by atoms with Crippen molar-refractivity contribution in [2.75, 3.05) is 12.3 Å². The number of hydrogen-bond donors (Lipinski definition) is 0. The lowest BCUT2D eigenvalue weighted by atomic mass is 10.0. The molecular formula is C21H24N4O2S. The SMILES string of the molecule is Cc1ccc(-n2c(SCC(=O)N3CCCCC3C)nnc2-c2ccco2)cc1. The predicted molar refractivity (Wildman–Crippen MR) is 110 cm³/mol. The van der Waals surface area contributed by atoms with E-state index in [4.69, 9.17) is 4.42 Å². The van der Waals surface area contributed by atoms with Gasteiger partial charge in [-0.05, 0) is 57.4 Å². The fraction of sp³-hybridized carbons (Fsp3) is 0.381. The Morgan fingerprint density at radius 1 is 1.21 bits per heavy atom. The molecular weight excluding hydrogens is 372 g/mol. The zero-order chi connectivity index (χ0) is 19.5. The van der Waals surface area contributed by atoms with Crippen LogP contribution in [0.25, 0.3) is 17.3 Å². The van der Waals surface area contributed by atoms with Gasteiger partial charge in [0.05, 0.1) is 12.0 Å². The van der Waals surface area contributed by atoms with E-state index in [2.05, 4.69) is 36.2 Å². The van der Waals surface area contributed by atoms with Gasteiger partial charge in [0.25, 0.3) is 0 Å². The smallest absolute Gasteiger partial charge is 0.233 e. The number of piperidine rings is 1. The molecule has 1 unspecified atom stereocenters. The molecule has 0 aliphatic carbocycles. The highest BCUT2D eigenvalue weighted by Crippen LogP contribution is 2.29. The molecule has 146 valence electrons. The Hall–Kier alpha value is -2.54. The topological polar surface area (TPSA) is 64.2 Å². The van der Waals surface area contributed by atoms with Crippen molar-refractivity contribution in [3.63, 3.8) is 0 Å². The van der Waals surface area contributed by atoms with E-state index < -0.39 is 0 Å². The van der Waals surface area contributed by atoms with Crippen molar-refractivity contribution < 1.29 is 9.21 Å². The Morgan fingerprint density at radius 3 is 2.75 bits per heavy atom. The van der Waals surface area contributed by atoms with Crippen LogP contribution in [0.5, 0.6) is 0 Å². The Labute approximate surface area is 168 Å². The number of rotatable bonds is 5. The number of amides is 1. The van der Waals surface area contributed by atoms with Crippen molar-refractivity contribution in [1.29, 1.82) is 0 Å². The molecule has 6 nitrogen and oxygen atoms in total. The van der Waals surface area contributed by atoms with Crippen molar-refractivity contribution >= 4 is 17.7 Å². The molecule has 2 aromatic heterocycles. The third kappa shape index (κ3) is 3.85. The summed E-state index contributed by atoms with van der Waals surface area (Å²) in [5.74, 6) is 1.80. The van der Waals surface area contributed by atoms with Gasteiger partial charge in [0.1, 0.15) is 0 Å². The number of aryl methyl sites for hydroxylation is 1. The van der Waals surface area contributed by atoms with Crippen molar-refractivity contribution in [3.8, 4) is 17.3 Å².